The largest absolute Gasteiger partial charge is 0.354 e. The second-order valence-electron chi connectivity index (χ2n) is 6.35. The molecule has 26 heavy (non-hydrogen) atoms. The summed E-state index contributed by atoms with van der Waals surface area (Å²) in [5, 5.41) is 13.6. The number of aromatic amines is 1. The van der Waals surface area contributed by atoms with Crippen LogP contribution in [0.15, 0.2) is 35.6 Å². The molecule has 0 saturated heterocycles. The molecule has 0 amide bonds. The lowest BCUT2D eigenvalue weighted by atomic mass is 10.1. The Balaban J connectivity index is 0.00000338. The quantitative estimate of drug-likeness (QED) is 0.223. The maximum absolute atomic E-state index is 4.33. The van der Waals surface area contributed by atoms with E-state index in [2.05, 4.69) is 56.8 Å². The summed E-state index contributed by atoms with van der Waals surface area (Å²) >= 11 is 0. The first-order chi connectivity index (χ1) is 12.2. The van der Waals surface area contributed by atoms with Crippen LogP contribution in [0.25, 0.3) is 11.4 Å². The van der Waals surface area contributed by atoms with E-state index in [-0.39, 0.29) is 24.0 Å². The third-order valence-electron chi connectivity index (χ3n) is 4.17. The van der Waals surface area contributed by atoms with Crippen LogP contribution < -0.4 is 10.6 Å². The zero-order valence-corrected chi connectivity index (χ0v) is 18.3. The fourth-order valence-electron chi connectivity index (χ4n) is 2.74. The van der Waals surface area contributed by atoms with Crippen LogP contribution in [0.2, 0.25) is 0 Å². The lowest BCUT2D eigenvalue weighted by molar-refractivity contribution is 0.537. The standard InChI is InChI=1S/C19H30N6.HI/c1-4-5-6-7-9-15(2)24-19(20-3)21-13-16-10-8-11-17(12-16)18-22-14-23-25-18;/h8,10-12,14-15H,4-7,9,13H2,1-3H3,(H2,20,21,24)(H,22,23,25);1H. The molecule has 0 aliphatic heterocycles. The molecule has 1 heterocycles. The highest BCUT2D eigenvalue weighted by Gasteiger charge is 2.06. The van der Waals surface area contributed by atoms with E-state index in [9.17, 15) is 0 Å². The van der Waals surface area contributed by atoms with E-state index >= 15 is 0 Å². The predicted octanol–water partition coefficient (Wildman–Crippen LogP) is 4.11. The number of nitrogens with zero attached hydrogens (tertiary/aromatic N) is 3. The number of hydrogen-bond acceptors (Lipinski definition) is 3. The van der Waals surface area contributed by atoms with Crippen LogP contribution in [-0.2, 0) is 6.54 Å². The van der Waals surface area contributed by atoms with Crippen molar-refractivity contribution in [3.8, 4) is 11.4 Å². The minimum atomic E-state index is 0. The van der Waals surface area contributed by atoms with Gasteiger partial charge in [0.1, 0.15) is 6.33 Å². The zero-order valence-electron chi connectivity index (χ0n) is 16.0. The summed E-state index contributed by atoms with van der Waals surface area (Å²) in [6, 6.07) is 8.67. The number of benzene rings is 1. The Morgan fingerprint density at radius 2 is 2.12 bits per heavy atom. The lowest BCUT2D eigenvalue weighted by Gasteiger charge is -2.18. The second kappa shape index (κ2) is 12.7. The van der Waals surface area contributed by atoms with Crippen LogP contribution in [0.4, 0.5) is 0 Å². The van der Waals surface area contributed by atoms with Gasteiger partial charge in [0, 0.05) is 25.2 Å². The predicted molar refractivity (Wildman–Crippen MR) is 119 cm³/mol. The fourth-order valence-corrected chi connectivity index (χ4v) is 2.74. The summed E-state index contributed by atoms with van der Waals surface area (Å²) in [4.78, 5) is 8.52. The summed E-state index contributed by atoms with van der Waals surface area (Å²) in [6.07, 6.45) is 7.86. The normalized spacial score (nSPS) is 12.3. The van der Waals surface area contributed by atoms with E-state index in [1.54, 1.807) is 0 Å². The van der Waals surface area contributed by atoms with Gasteiger partial charge in [-0.3, -0.25) is 10.1 Å². The molecule has 0 bridgehead atoms. The SMILES string of the molecule is CCCCCCC(C)NC(=NC)NCc1cccc(-c2ncn[nH]2)c1.I. The molecular formula is C19H31IN6. The maximum Gasteiger partial charge on any atom is 0.191 e. The number of nitrogens with one attached hydrogen (secondary N) is 3. The van der Waals surface area contributed by atoms with Crippen molar-refractivity contribution >= 4 is 29.9 Å². The van der Waals surface area contributed by atoms with Crippen LogP contribution in [0.1, 0.15) is 51.5 Å². The number of rotatable bonds is 9. The third kappa shape index (κ3) is 7.72. The van der Waals surface area contributed by atoms with Gasteiger partial charge in [0.25, 0.3) is 0 Å². The van der Waals surface area contributed by atoms with Gasteiger partial charge in [-0.25, -0.2) is 4.98 Å². The van der Waals surface area contributed by atoms with Crippen LogP contribution >= 0.6 is 24.0 Å². The Morgan fingerprint density at radius 3 is 2.81 bits per heavy atom. The first-order valence-electron chi connectivity index (χ1n) is 9.14. The molecule has 1 aromatic heterocycles. The van der Waals surface area contributed by atoms with E-state index in [0.717, 1.165) is 17.3 Å². The molecule has 0 aliphatic carbocycles. The molecule has 0 spiro atoms. The van der Waals surface area contributed by atoms with Gasteiger partial charge in [-0.05, 0) is 25.0 Å². The summed E-state index contributed by atoms with van der Waals surface area (Å²) in [6.45, 7) is 5.17. The van der Waals surface area contributed by atoms with Crippen molar-refractivity contribution < 1.29 is 0 Å². The number of guanidine groups is 1. The van der Waals surface area contributed by atoms with E-state index in [1.807, 2.05) is 19.2 Å². The van der Waals surface area contributed by atoms with Crippen molar-refractivity contribution in [2.24, 2.45) is 4.99 Å². The molecule has 0 fully saturated rings. The first kappa shape index (κ1) is 22.4. The minimum absolute atomic E-state index is 0. The number of aliphatic imine (C=N–C) groups is 1. The highest BCUT2D eigenvalue weighted by Crippen LogP contribution is 2.15. The smallest absolute Gasteiger partial charge is 0.191 e. The Bertz CT molecular complexity index is 641. The Morgan fingerprint density at radius 1 is 1.27 bits per heavy atom. The molecule has 1 unspecified atom stereocenters. The van der Waals surface area contributed by atoms with Crippen LogP contribution in [0.5, 0.6) is 0 Å². The lowest BCUT2D eigenvalue weighted by Crippen LogP contribution is -2.41. The van der Waals surface area contributed by atoms with Crippen molar-refractivity contribution in [3.63, 3.8) is 0 Å². The van der Waals surface area contributed by atoms with Crippen molar-refractivity contribution in [2.45, 2.75) is 58.5 Å². The van der Waals surface area contributed by atoms with Gasteiger partial charge < -0.3 is 10.6 Å². The number of aromatic nitrogens is 3. The Hall–Kier alpha value is -1.64. The zero-order chi connectivity index (χ0) is 17.9. The highest BCUT2D eigenvalue weighted by atomic mass is 127. The molecule has 6 nitrogen and oxygen atoms in total. The van der Waals surface area contributed by atoms with Gasteiger partial charge in [-0.15, -0.1) is 24.0 Å². The maximum atomic E-state index is 4.33. The molecule has 7 heteroatoms. The summed E-state index contributed by atoms with van der Waals surface area (Å²) in [5.74, 6) is 1.62. The molecule has 2 rings (SSSR count). The third-order valence-corrected chi connectivity index (χ3v) is 4.17. The number of unbranched alkanes of at least 4 members (excludes halogenated alkanes) is 3. The average Bonchev–Trinajstić information content (AvgIpc) is 3.17. The van der Waals surface area contributed by atoms with Gasteiger partial charge in [0.05, 0.1) is 0 Å². The number of hydrogen-bond donors (Lipinski definition) is 3. The molecule has 0 aliphatic rings. The molecule has 1 atom stereocenters. The van der Waals surface area contributed by atoms with E-state index < -0.39 is 0 Å². The van der Waals surface area contributed by atoms with Gasteiger partial charge in [-0.2, -0.15) is 5.10 Å². The average molecular weight is 470 g/mol. The highest BCUT2D eigenvalue weighted by molar-refractivity contribution is 14.0. The van der Waals surface area contributed by atoms with Crippen molar-refractivity contribution in [2.75, 3.05) is 7.05 Å². The van der Waals surface area contributed by atoms with Gasteiger partial charge >= 0.3 is 0 Å². The van der Waals surface area contributed by atoms with Crippen molar-refractivity contribution in [1.82, 2.24) is 25.8 Å². The fraction of sp³-hybridized carbons (Fsp3) is 0.526. The molecule has 0 radical (unpaired) electrons. The van der Waals surface area contributed by atoms with E-state index in [0.29, 0.717) is 12.6 Å². The summed E-state index contributed by atoms with van der Waals surface area (Å²) in [7, 11) is 1.81. The summed E-state index contributed by atoms with van der Waals surface area (Å²) in [5.41, 5.74) is 2.21. The Kier molecular flexibility index (Phi) is 10.9. The van der Waals surface area contributed by atoms with Crippen LogP contribution in [0.3, 0.4) is 0 Å². The topological polar surface area (TPSA) is 78.0 Å². The minimum Gasteiger partial charge on any atom is -0.354 e. The molecular weight excluding hydrogens is 439 g/mol. The van der Waals surface area contributed by atoms with Gasteiger partial charge in [0.15, 0.2) is 11.8 Å². The molecule has 0 saturated carbocycles. The monoisotopic (exact) mass is 470 g/mol. The second-order valence-corrected chi connectivity index (χ2v) is 6.35. The molecule has 2 aromatic rings. The molecule has 1 aromatic carbocycles. The van der Waals surface area contributed by atoms with Gasteiger partial charge in [0.2, 0.25) is 0 Å². The number of halogens is 1. The van der Waals surface area contributed by atoms with E-state index in [1.165, 1.54) is 44.0 Å². The molecule has 3 N–H and O–H groups in total. The molecule has 144 valence electrons. The van der Waals surface area contributed by atoms with Crippen molar-refractivity contribution in [1.29, 1.82) is 0 Å². The van der Waals surface area contributed by atoms with E-state index in [4.69, 9.17) is 0 Å². The summed E-state index contributed by atoms with van der Waals surface area (Å²) < 4.78 is 0. The van der Waals surface area contributed by atoms with Crippen LogP contribution in [0, 0.1) is 0 Å². The number of H-pyrrole nitrogens is 1. The van der Waals surface area contributed by atoms with Crippen molar-refractivity contribution in [3.05, 3.63) is 36.2 Å². The Labute approximate surface area is 173 Å². The van der Waals surface area contributed by atoms with Gasteiger partial charge in [-0.1, -0.05) is 50.8 Å². The first-order valence-corrected chi connectivity index (χ1v) is 9.14. The van der Waals surface area contributed by atoms with Crippen LogP contribution in [-0.4, -0.2) is 34.2 Å².